The van der Waals surface area contributed by atoms with Crippen molar-refractivity contribution in [1.29, 1.82) is 0 Å². The maximum atomic E-state index is 12.6. The normalized spacial score (nSPS) is 25.1. The average molecular weight is 575 g/mol. The Morgan fingerprint density at radius 1 is 1.00 bits per heavy atom. The van der Waals surface area contributed by atoms with Gasteiger partial charge in [0.1, 0.15) is 0 Å². The quantitative estimate of drug-likeness (QED) is 0.328. The summed E-state index contributed by atoms with van der Waals surface area (Å²) < 4.78 is 18.5. The number of rotatable bonds is 9. The molecule has 0 aromatic heterocycles. The van der Waals surface area contributed by atoms with Crippen LogP contribution in [-0.4, -0.2) is 64.9 Å². The Morgan fingerprint density at radius 2 is 1.74 bits per heavy atom. The smallest absolute Gasteiger partial charge is 0.303 e. The molecular weight excluding hydrogens is 536 g/mol. The highest BCUT2D eigenvalue weighted by Crippen LogP contribution is 2.47. The van der Waals surface area contributed by atoms with Crippen LogP contribution >= 0.6 is 0 Å². The number of amides is 1. The second-order valence-corrected chi connectivity index (χ2v) is 11.0. The molecule has 3 N–H and O–H groups in total. The summed E-state index contributed by atoms with van der Waals surface area (Å²) in [5, 5.41) is 22.6. The van der Waals surface area contributed by atoms with Gasteiger partial charge < -0.3 is 29.7 Å². The molecule has 222 valence electrons. The first kappa shape index (κ1) is 29.9. The number of nitrogens with one attached hydrogen (secondary N) is 1. The van der Waals surface area contributed by atoms with Crippen LogP contribution in [0.25, 0.3) is 0 Å². The molecule has 0 saturated carbocycles. The molecule has 2 heterocycles. The lowest BCUT2D eigenvalue weighted by Gasteiger charge is -2.44. The molecule has 1 amide bonds. The third-order valence-corrected chi connectivity index (χ3v) is 7.79. The zero-order valence-electron chi connectivity index (χ0n) is 23.9. The van der Waals surface area contributed by atoms with Gasteiger partial charge in [-0.2, -0.15) is 0 Å². The molecule has 5 rings (SSSR count). The van der Waals surface area contributed by atoms with E-state index < -0.39 is 24.3 Å². The van der Waals surface area contributed by atoms with E-state index in [1.807, 2.05) is 54.6 Å². The van der Waals surface area contributed by atoms with E-state index in [0.29, 0.717) is 18.8 Å². The molecule has 42 heavy (non-hydrogen) atoms. The van der Waals surface area contributed by atoms with Crippen molar-refractivity contribution in [3.63, 3.8) is 0 Å². The van der Waals surface area contributed by atoms with Gasteiger partial charge in [0.15, 0.2) is 12.4 Å². The van der Waals surface area contributed by atoms with E-state index in [9.17, 15) is 19.8 Å². The third kappa shape index (κ3) is 7.24. The van der Waals surface area contributed by atoms with E-state index in [4.69, 9.17) is 14.2 Å². The highest BCUT2D eigenvalue weighted by molar-refractivity contribution is 5.95. The highest BCUT2D eigenvalue weighted by atomic mass is 16.7. The fourth-order valence-electron chi connectivity index (χ4n) is 5.71. The van der Waals surface area contributed by atoms with Crippen LogP contribution in [0.1, 0.15) is 60.8 Å². The minimum atomic E-state index is -0.938. The number of nitrogens with zero attached hydrogens (tertiary/aromatic N) is 1. The van der Waals surface area contributed by atoms with E-state index in [1.165, 1.54) is 13.8 Å². The Balaban J connectivity index is 1.48. The van der Waals surface area contributed by atoms with Crippen molar-refractivity contribution >= 4 is 17.6 Å². The molecular formula is C33H38N2O7. The lowest BCUT2D eigenvalue weighted by atomic mass is 9.83. The van der Waals surface area contributed by atoms with Crippen molar-refractivity contribution in [2.75, 3.05) is 25.0 Å². The number of ether oxygens (including phenoxy) is 3. The topological polar surface area (TPSA) is 118 Å². The van der Waals surface area contributed by atoms with E-state index in [-0.39, 0.29) is 30.8 Å². The van der Waals surface area contributed by atoms with E-state index in [2.05, 4.69) is 22.3 Å². The Morgan fingerprint density at radius 3 is 2.40 bits per heavy atom. The lowest BCUT2D eigenvalue weighted by molar-refractivity contribution is -0.263. The molecule has 0 radical (unpaired) electrons. The Bertz CT molecular complexity index is 1350. The van der Waals surface area contributed by atoms with Gasteiger partial charge in [-0.05, 0) is 42.2 Å². The zero-order chi connectivity index (χ0) is 29.6. The van der Waals surface area contributed by atoms with Crippen LogP contribution in [0.2, 0.25) is 0 Å². The maximum absolute atomic E-state index is 12.6. The first-order chi connectivity index (χ1) is 20.3. The first-order valence-corrected chi connectivity index (χ1v) is 14.3. The second kappa shape index (κ2) is 13.6. The summed E-state index contributed by atoms with van der Waals surface area (Å²) in [5.41, 5.74) is 4.10. The first-order valence-electron chi connectivity index (χ1n) is 14.3. The van der Waals surface area contributed by atoms with Gasteiger partial charge in [-0.25, -0.2) is 0 Å². The summed E-state index contributed by atoms with van der Waals surface area (Å²) in [7, 11) is 0. The van der Waals surface area contributed by atoms with Crippen molar-refractivity contribution < 1.29 is 34.0 Å². The van der Waals surface area contributed by atoms with E-state index in [1.54, 1.807) is 12.1 Å². The SMILES string of the molecule is CC(=O)O[C@@H](C)C(=O)Nc1cccc(C2O[C@H](CN3CC[C@@H](O)C3)[C@@H](c3ccccc3)[C@H](c3ccc(CO)cc3)O2)c1. The molecule has 2 aliphatic rings. The largest absolute Gasteiger partial charge is 0.453 e. The zero-order valence-corrected chi connectivity index (χ0v) is 23.9. The molecule has 2 aliphatic heterocycles. The number of β-amino-alcohol motifs (C(OH)–C–C–N with tert-alkyl or cyclic N) is 1. The number of aliphatic hydroxyl groups excluding tert-OH is 2. The molecule has 0 aliphatic carbocycles. The summed E-state index contributed by atoms with van der Waals surface area (Å²) in [4.78, 5) is 26.1. The van der Waals surface area contributed by atoms with Gasteiger partial charge >= 0.3 is 5.97 Å². The van der Waals surface area contributed by atoms with Crippen LogP contribution in [0, 0.1) is 0 Å². The van der Waals surface area contributed by atoms with Crippen LogP contribution in [0.5, 0.6) is 0 Å². The number of hydrogen-bond acceptors (Lipinski definition) is 8. The molecule has 1 unspecified atom stereocenters. The number of carbonyl (C=O) groups is 2. The van der Waals surface area contributed by atoms with Crippen molar-refractivity contribution in [3.05, 3.63) is 101 Å². The summed E-state index contributed by atoms with van der Waals surface area (Å²) >= 11 is 0. The summed E-state index contributed by atoms with van der Waals surface area (Å²) in [6.07, 6.45) is -1.96. The number of anilines is 1. The van der Waals surface area contributed by atoms with Crippen LogP contribution in [0.3, 0.4) is 0 Å². The average Bonchev–Trinajstić information content (AvgIpc) is 3.41. The molecule has 0 bridgehead atoms. The van der Waals surface area contributed by atoms with E-state index in [0.717, 1.165) is 35.2 Å². The van der Waals surface area contributed by atoms with Gasteiger partial charge in [0.2, 0.25) is 0 Å². The van der Waals surface area contributed by atoms with Crippen molar-refractivity contribution in [2.24, 2.45) is 0 Å². The Kier molecular flexibility index (Phi) is 9.66. The standard InChI is InChI=1S/C33H38N2O7/c1-21(40-22(2)37)32(39)34-27-10-6-9-26(17-27)33-41-29(19-35-16-15-28(38)18-35)30(24-7-4-3-5-8-24)31(42-33)25-13-11-23(20-36)12-14-25/h3-14,17,21,28-31,33,36,38H,15-16,18-20H2,1-2H3,(H,34,39)/t21-,28+,29+,30+,31-,33?/m0/s1. The number of carbonyl (C=O) groups excluding carboxylic acids is 2. The maximum Gasteiger partial charge on any atom is 0.303 e. The van der Waals surface area contributed by atoms with Crippen LogP contribution in [-0.2, 0) is 30.4 Å². The van der Waals surface area contributed by atoms with Gasteiger partial charge in [0, 0.05) is 43.7 Å². The van der Waals surface area contributed by atoms with Gasteiger partial charge in [0.05, 0.1) is 24.9 Å². The predicted octanol–water partition coefficient (Wildman–Crippen LogP) is 4.07. The number of esters is 1. The number of aliphatic hydroxyl groups is 2. The van der Waals surface area contributed by atoms with Crippen LogP contribution in [0.15, 0.2) is 78.9 Å². The van der Waals surface area contributed by atoms with E-state index >= 15 is 0 Å². The Labute approximate surface area is 246 Å². The summed E-state index contributed by atoms with van der Waals surface area (Å²) in [5.74, 6) is -1.12. The monoisotopic (exact) mass is 574 g/mol. The van der Waals surface area contributed by atoms with Gasteiger partial charge in [-0.15, -0.1) is 0 Å². The molecule has 6 atom stereocenters. The van der Waals surface area contributed by atoms with Gasteiger partial charge in [-0.3, -0.25) is 14.5 Å². The molecule has 3 aromatic carbocycles. The number of benzene rings is 3. The number of likely N-dealkylation sites (tertiary alicyclic amines) is 1. The fraction of sp³-hybridized carbons (Fsp3) is 0.394. The van der Waals surface area contributed by atoms with Crippen molar-refractivity contribution in [2.45, 2.75) is 63.5 Å². The van der Waals surface area contributed by atoms with Crippen molar-refractivity contribution in [1.82, 2.24) is 4.90 Å². The summed E-state index contributed by atoms with van der Waals surface area (Å²) in [6.45, 7) is 4.71. The predicted molar refractivity (Wildman–Crippen MR) is 156 cm³/mol. The number of hydrogen-bond donors (Lipinski definition) is 3. The highest BCUT2D eigenvalue weighted by Gasteiger charge is 2.43. The van der Waals surface area contributed by atoms with Crippen LogP contribution in [0.4, 0.5) is 5.69 Å². The molecule has 2 fully saturated rings. The molecule has 9 heteroatoms. The fourth-order valence-corrected chi connectivity index (χ4v) is 5.71. The van der Waals surface area contributed by atoms with Gasteiger partial charge in [-0.1, -0.05) is 66.7 Å². The third-order valence-electron chi connectivity index (χ3n) is 7.79. The summed E-state index contributed by atoms with van der Waals surface area (Å²) in [6, 6.07) is 25.2. The molecule has 0 spiro atoms. The molecule has 9 nitrogen and oxygen atoms in total. The molecule has 3 aromatic rings. The van der Waals surface area contributed by atoms with Crippen LogP contribution < -0.4 is 5.32 Å². The van der Waals surface area contributed by atoms with Gasteiger partial charge in [0.25, 0.3) is 5.91 Å². The Hall–Kier alpha value is -3.60. The second-order valence-electron chi connectivity index (χ2n) is 11.0. The minimum absolute atomic E-state index is 0.0475. The lowest BCUT2D eigenvalue weighted by Crippen LogP contribution is -2.44. The van der Waals surface area contributed by atoms with Crippen molar-refractivity contribution in [3.8, 4) is 0 Å². The minimum Gasteiger partial charge on any atom is -0.453 e. The molecule has 2 saturated heterocycles.